The molecule has 126 valence electrons. The lowest BCUT2D eigenvalue weighted by molar-refractivity contribution is -0.917. The van der Waals surface area contributed by atoms with Gasteiger partial charge in [-0.3, -0.25) is 0 Å². The first kappa shape index (κ1) is 17.1. The van der Waals surface area contributed by atoms with Crippen molar-refractivity contribution in [1.82, 2.24) is 4.90 Å². The third-order valence-corrected chi connectivity index (χ3v) is 4.96. The summed E-state index contributed by atoms with van der Waals surface area (Å²) in [5, 5.41) is 3.79. The first-order chi connectivity index (χ1) is 11.6. The number of benzene rings is 2. The number of anilines is 1. The highest BCUT2D eigenvalue weighted by molar-refractivity contribution is 6.42. The Bertz CT molecular complexity index is 701. The highest BCUT2D eigenvalue weighted by Gasteiger charge is 2.23. The van der Waals surface area contributed by atoms with Crippen molar-refractivity contribution < 1.29 is 9.69 Å². The maximum Gasteiger partial charge on any atom is 0.322 e. The Morgan fingerprint density at radius 2 is 1.75 bits per heavy atom. The fourth-order valence-corrected chi connectivity index (χ4v) is 3.16. The van der Waals surface area contributed by atoms with Crippen LogP contribution in [0.5, 0.6) is 0 Å². The van der Waals surface area contributed by atoms with E-state index in [1.165, 1.54) is 10.5 Å². The number of halogens is 2. The predicted molar refractivity (Wildman–Crippen MR) is 97.9 cm³/mol. The minimum atomic E-state index is -0.0906. The fourth-order valence-electron chi connectivity index (χ4n) is 2.86. The van der Waals surface area contributed by atoms with Crippen molar-refractivity contribution in [3.8, 4) is 0 Å². The molecule has 0 saturated carbocycles. The van der Waals surface area contributed by atoms with Crippen LogP contribution in [0.3, 0.4) is 0 Å². The van der Waals surface area contributed by atoms with Crippen molar-refractivity contribution in [2.45, 2.75) is 6.54 Å². The molecule has 0 atom stereocenters. The first-order valence-electron chi connectivity index (χ1n) is 8.00. The van der Waals surface area contributed by atoms with E-state index < -0.39 is 0 Å². The average molecular weight is 365 g/mol. The van der Waals surface area contributed by atoms with Gasteiger partial charge in [-0.25, -0.2) is 4.79 Å². The lowest BCUT2D eigenvalue weighted by Gasteiger charge is -2.32. The second kappa shape index (κ2) is 7.88. The number of piperazine rings is 1. The van der Waals surface area contributed by atoms with Crippen molar-refractivity contribution >= 4 is 34.9 Å². The Kier molecular flexibility index (Phi) is 5.61. The molecule has 2 amide bonds. The Morgan fingerprint density at radius 1 is 1.04 bits per heavy atom. The molecule has 0 aromatic heterocycles. The topological polar surface area (TPSA) is 36.8 Å². The number of urea groups is 1. The largest absolute Gasteiger partial charge is 0.328 e. The van der Waals surface area contributed by atoms with Crippen molar-refractivity contribution in [3.05, 3.63) is 64.1 Å². The molecule has 1 aliphatic rings. The van der Waals surface area contributed by atoms with Gasteiger partial charge in [0.2, 0.25) is 0 Å². The van der Waals surface area contributed by atoms with Gasteiger partial charge >= 0.3 is 6.03 Å². The van der Waals surface area contributed by atoms with Gasteiger partial charge in [-0.2, -0.15) is 0 Å². The van der Waals surface area contributed by atoms with Crippen LogP contribution in [0.4, 0.5) is 10.5 Å². The van der Waals surface area contributed by atoms with Gasteiger partial charge in [0.25, 0.3) is 0 Å². The van der Waals surface area contributed by atoms with E-state index in [0.717, 1.165) is 32.7 Å². The zero-order valence-corrected chi connectivity index (χ0v) is 14.8. The third kappa shape index (κ3) is 4.41. The van der Waals surface area contributed by atoms with Crippen molar-refractivity contribution in [1.29, 1.82) is 0 Å². The van der Waals surface area contributed by atoms with Gasteiger partial charge in [-0.1, -0.05) is 53.5 Å². The Hall–Kier alpha value is -1.75. The van der Waals surface area contributed by atoms with E-state index in [1.54, 1.807) is 18.2 Å². The number of hydrogen-bond acceptors (Lipinski definition) is 1. The summed E-state index contributed by atoms with van der Waals surface area (Å²) < 4.78 is 0. The normalized spacial score (nSPS) is 15.3. The molecule has 0 bridgehead atoms. The number of carbonyl (C=O) groups is 1. The van der Waals surface area contributed by atoms with Crippen LogP contribution in [0, 0.1) is 0 Å². The van der Waals surface area contributed by atoms with Crippen LogP contribution in [0.25, 0.3) is 0 Å². The van der Waals surface area contributed by atoms with Crippen LogP contribution in [0.15, 0.2) is 48.5 Å². The number of amides is 2. The van der Waals surface area contributed by atoms with Crippen LogP contribution < -0.4 is 10.2 Å². The number of nitrogens with one attached hydrogen (secondary N) is 2. The molecule has 4 nitrogen and oxygen atoms in total. The predicted octanol–water partition coefficient (Wildman–Crippen LogP) is 2.93. The summed E-state index contributed by atoms with van der Waals surface area (Å²) in [4.78, 5) is 15.7. The quantitative estimate of drug-likeness (QED) is 0.862. The Morgan fingerprint density at radius 3 is 2.42 bits per heavy atom. The molecule has 0 unspecified atom stereocenters. The van der Waals surface area contributed by atoms with E-state index in [4.69, 9.17) is 23.2 Å². The van der Waals surface area contributed by atoms with Gasteiger partial charge in [0.05, 0.1) is 36.2 Å². The molecule has 0 aliphatic carbocycles. The minimum absolute atomic E-state index is 0.0906. The lowest BCUT2D eigenvalue weighted by Crippen LogP contribution is -3.13. The molecule has 1 saturated heterocycles. The van der Waals surface area contributed by atoms with Crippen LogP contribution in [-0.2, 0) is 6.54 Å². The molecule has 1 heterocycles. The average Bonchev–Trinajstić information content (AvgIpc) is 2.60. The highest BCUT2D eigenvalue weighted by Crippen LogP contribution is 2.25. The van der Waals surface area contributed by atoms with E-state index >= 15 is 0 Å². The molecular weight excluding hydrogens is 345 g/mol. The van der Waals surface area contributed by atoms with E-state index in [1.807, 2.05) is 11.0 Å². The van der Waals surface area contributed by atoms with Gasteiger partial charge in [0, 0.05) is 11.3 Å². The molecular formula is C18H20Cl2N3O+. The van der Waals surface area contributed by atoms with Gasteiger partial charge in [-0.05, 0) is 18.2 Å². The standard InChI is InChI=1S/C18H19Cl2N3O/c19-16-7-6-15(12-17(16)20)21-18(24)23-10-8-22(9-11-23)13-14-4-2-1-3-5-14/h1-7,12H,8-11,13H2,(H,21,24)/p+1. The van der Waals surface area contributed by atoms with E-state index in [9.17, 15) is 4.79 Å². The van der Waals surface area contributed by atoms with Crippen LogP contribution in [0.2, 0.25) is 10.0 Å². The van der Waals surface area contributed by atoms with Gasteiger partial charge in [0.1, 0.15) is 6.54 Å². The number of rotatable bonds is 3. The lowest BCUT2D eigenvalue weighted by atomic mass is 10.2. The van der Waals surface area contributed by atoms with Crippen molar-refractivity contribution in [3.63, 3.8) is 0 Å². The maximum absolute atomic E-state index is 12.4. The summed E-state index contributed by atoms with van der Waals surface area (Å²) >= 11 is 11.9. The zero-order chi connectivity index (χ0) is 16.9. The molecule has 24 heavy (non-hydrogen) atoms. The first-order valence-corrected chi connectivity index (χ1v) is 8.76. The molecule has 1 fully saturated rings. The van der Waals surface area contributed by atoms with E-state index in [0.29, 0.717) is 15.7 Å². The molecule has 6 heteroatoms. The van der Waals surface area contributed by atoms with Crippen molar-refractivity contribution in [2.24, 2.45) is 0 Å². The fraction of sp³-hybridized carbons (Fsp3) is 0.278. The summed E-state index contributed by atoms with van der Waals surface area (Å²) in [5.41, 5.74) is 2.00. The second-order valence-electron chi connectivity index (χ2n) is 5.96. The third-order valence-electron chi connectivity index (χ3n) is 4.23. The second-order valence-corrected chi connectivity index (χ2v) is 6.77. The van der Waals surface area contributed by atoms with Gasteiger partial charge < -0.3 is 15.1 Å². The summed E-state index contributed by atoms with van der Waals surface area (Å²) in [7, 11) is 0. The smallest absolute Gasteiger partial charge is 0.322 e. The van der Waals surface area contributed by atoms with E-state index in [-0.39, 0.29) is 6.03 Å². The van der Waals surface area contributed by atoms with Crippen molar-refractivity contribution in [2.75, 3.05) is 31.5 Å². The number of hydrogen-bond donors (Lipinski definition) is 2. The number of nitrogens with zero attached hydrogens (tertiary/aromatic N) is 1. The number of quaternary nitrogens is 1. The molecule has 3 rings (SSSR count). The molecule has 2 N–H and O–H groups in total. The molecule has 0 spiro atoms. The molecule has 2 aromatic carbocycles. The summed E-state index contributed by atoms with van der Waals surface area (Å²) in [5.74, 6) is 0. The summed E-state index contributed by atoms with van der Waals surface area (Å²) in [6.07, 6.45) is 0. The van der Waals surface area contributed by atoms with Gasteiger partial charge in [-0.15, -0.1) is 0 Å². The highest BCUT2D eigenvalue weighted by atomic mass is 35.5. The van der Waals surface area contributed by atoms with Crippen LogP contribution in [-0.4, -0.2) is 37.1 Å². The molecule has 0 radical (unpaired) electrons. The Labute approximate surface area is 152 Å². The number of carbonyl (C=O) groups excluding carboxylic acids is 1. The molecule has 1 aliphatic heterocycles. The minimum Gasteiger partial charge on any atom is -0.328 e. The van der Waals surface area contributed by atoms with Crippen LogP contribution >= 0.6 is 23.2 Å². The SMILES string of the molecule is O=C(Nc1ccc(Cl)c(Cl)c1)N1CC[NH+](Cc2ccccc2)CC1. The summed E-state index contributed by atoms with van der Waals surface area (Å²) in [6, 6.07) is 15.5. The molecule has 2 aromatic rings. The van der Waals surface area contributed by atoms with E-state index in [2.05, 4.69) is 29.6 Å². The summed E-state index contributed by atoms with van der Waals surface area (Å²) in [6.45, 7) is 4.39. The van der Waals surface area contributed by atoms with Crippen LogP contribution in [0.1, 0.15) is 5.56 Å². The Balaban J connectivity index is 1.50. The zero-order valence-electron chi connectivity index (χ0n) is 13.3. The maximum atomic E-state index is 12.4. The monoisotopic (exact) mass is 364 g/mol. The van der Waals surface area contributed by atoms with Gasteiger partial charge in [0.15, 0.2) is 0 Å².